The first-order valence-corrected chi connectivity index (χ1v) is 5.08. The summed E-state index contributed by atoms with van der Waals surface area (Å²) < 4.78 is 5.80. The minimum absolute atomic E-state index is 0.181. The molecule has 0 spiro atoms. The Bertz CT molecular complexity index is 213. The van der Waals surface area contributed by atoms with Crippen molar-refractivity contribution in [2.24, 2.45) is 5.92 Å². The van der Waals surface area contributed by atoms with E-state index in [0.29, 0.717) is 6.10 Å². The summed E-state index contributed by atoms with van der Waals surface area (Å²) in [5.41, 5.74) is 0. The number of carbonyl (C=O) groups is 1. The van der Waals surface area contributed by atoms with Gasteiger partial charge in [-0.25, -0.2) is 0 Å². The van der Waals surface area contributed by atoms with E-state index in [1.165, 1.54) is 12.8 Å². The number of carbonyl (C=O) groups excluding carboxylic acids is 1. The molecule has 2 unspecified atom stereocenters. The molecule has 2 rings (SSSR count). The Balaban J connectivity index is 1.95. The van der Waals surface area contributed by atoms with Crippen molar-refractivity contribution in [2.75, 3.05) is 13.1 Å². The molecule has 0 bridgehead atoms. The number of amides is 1. The summed E-state index contributed by atoms with van der Waals surface area (Å²) in [5, 5.41) is 0. The molecule has 0 aromatic heterocycles. The van der Waals surface area contributed by atoms with Crippen molar-refractivity contribution in [2.45, 2.75) is 38.9 Å². The van der Waals surface area contributed by atoms with Gasteiger partial charge in [-0.15, -0.1) is 0 Å². The SMILES string of the molecule is CC(=O)N1CC(C)OC(C2CC2)C1. The second-order valence-electron chi connectivity index (χ2n) is 4.25. The number of morpholine rings is 1. The highest BCUT2D eigenvalue weighted by molar-refractivity contribution is 5.73. The highest BCUT2D eigenvalue weighted by Gasteiger charge is 2.37. The summed E-state index contributed by atoms with van der Waals surface area (Å²) in [5.74, 6) is 0.908. The van der Waals surface area contributed by atoms with E-state index < -0.39 is 0 Å². The third-order valence-corrected chi connectivity index (χ3v) is 2.88. The first-order valence-electron chi connectivity index (χ1n) is 5.08. The zero-order valence-electron chi connectivity index (χ0n) is 8.32. The van der Waals surface area contributed by atoms with E-state index >= 15 is 0 Å². The maximum absolute atomic E-state index is 11.2. The van der Waals surface area contributed by atoms with Gasteiger partial charge >= 0.3 is 0 Å². The molecule has 1 heterocycles. The van der Waals surface area contributed by atoms with Gasteiger partial charge in [0.25, 0.3) is 0 Å². The highest BCUT2D eigenvalue weighted by Crippen LogP contribution is 2.36. The lowest BCUT2D eigenvalue weighted by Crippen LogP contribution is -2.49. The lowest BCUT2D eigenvalue weighted by molar-refractivity contribution is -0.143. The first-order chi connectivity index (χ1) is 6.16. The van der Waals surface area contributed by atoms with Gasteiger partial charge in [-0.05, 0) is 25.7 Å². The highest BCUT2D eigenvalue weighted by atomic mass is 16.5. The van der Waals surface area contributed by atoms with Crippen LogP contribution in [0.5, 0.6) is 0 Å². The van der Waals surface area contributed by atoms with Crippen LogP contribution in [0.25, 0.3) is 0 Å². The molecule has 1 saturated heterocycles. The molecule has 1 aliphatic heterocycles. The van der Waals surface area contributed by atoms with E-state index in [4.69, 9.17) is 4.74 Å². The van der Waals surface area contributed by atoms with Gasteiger partial charge in [0.2, 0.25) is 5.91 Å². The zero-order chi connectivity index (χ0) is 9.42. The van der Waals surface area contributed by atoms with Crippen LogP contribution >= 0.6 is 0 Å². The fourth-order valence-electron chi connectivity index (χ4n) is 1.97. The predicted molar refractivity (Wildman–Crippen MR) is 49.3 cm³/mol. The standard InChI is InChI=1S/C10H17NO2/c1-7-5-11(8(2)12)6-10(13-7)9-3-4-9/h7,9-10H,3-6H2,1-2H3. The second kappa shape index (κ2) is 3.29. The quantitative estimate of drug-likeness (QED) is 0.607. The number of hydrogen-bond donors (Lipinski definition) is 0. The van der Waals surface area contributed by atoms with Crippen LogP contribution in [0.1, 0.15) is 26.7 Å². The van der Waals surface area contributed by atoms with Gasteiger partial charge in [-0.3, -0.25) is 4.79 Å². The minimum Gasteiger partial charge on any atom is -0.371 e. The van der Waals surface area contributed by atoms with Crippen LogP contribution in [0.4, 0.5) is 0 Å². The maximum atomic E-state index is 11.2. The van der Waals surface area contributed by atoms with E-state index in [-0.39, 0.29) is 12.0 Å². The van der Waals surface area contributed by atoms with Crippen LogP contribution in [0.2, 0.25) is 0 Å². The van der Waals surface area contributed by atoms with Gasteiger partial charge in [-0.1, -0.05) is 0 Å². The molecule has 13 heavy (non-hydrogen) atoms. The normalized spacial score (nSPS) is 34.8. The van der Waals surface area contributed by atoms with Crippen molar-refractivity contribution >= 4 is 5.91 Å². The third kappa shape index (κ3) is 2.02. The van der Waals surface area contributed by atoms with Crippen LogP contribution in [-0.4, -0.2) is 36.1 Å². The van der Waals surface area contributed by atoms with Crippen LogP contribution < -0.4 is 0 Å². The van der Waals surface area contributed by atoms with Crippen molar-refractivity contribution < 1.29 is 9.53 Å². The predicted octanol–water partition coefficient (Wildman–Crippen LogP) is 1.03. The summed E-state index contributed by atoms with van der Waals surface area (Å²) in [4.78, 5) is 13.1. The van der Waals surface area contributed by atoms with Crippen LogP contribution in [0.15, 0.2) is 0 Å². The second-order valence-corrected chi connectivity index (χ2v) is 4.25. The molecule has 0 N–H and O–H groups in total. The molecule has 1 aliphatic carbocycles. The summed E-state index contributed by atoms with van der Waals surface area (Å²) in [6.45, 7) is 5.26. The van der Waals surface area contributed by atoms with E-state index in [1.54, 1.807) is 6.92 Å². The smallest absolute Gasteiger partial charge is 0.219 e. The molecule has 1 amide bonds. The molecule has 74 valence electrons. The molecule has 0 aromatic carbocycles. The van der Waals surface area contributed by atoms with Gasteiger partial charge < -0.3 is 9.64 Å². The van der Waals surface area contributed by atoms with Gasteiger partial charge in [0.15, 0.2) is 0 Å². The number of ether oxygens (including phenoxy) is 1. The maximum Gasteiger partial charge on any atom is 0.219 e. The molecule has 2 fully saturated rings. The number of rotatable bonds is 1. The fourth-order valence-corrected chi connectivity index (χ4v) is 1.97. The van der Waals surface area contributed by atoms with Crippen molar-refractivity contribution in [3.05, 3.63) is 0 Å². The zero-order valence-corrected chi connectivity index (χ0v) is 8.32. The van der Waals surface area contributed by atoms with Crippen molar-refractivity contribution in [1.29, 1.82) is 0 Å². The lowest BCUT2D eigenvalue weighted by atomic mass is 10.1. The monoisotopic (exact) mass is 183 g/mol. The van der Waals surface area contributed by atoms with Crippen molar-refractivity contribution in [3.8, 4) is 0 Å². The first kappa shape index (κ1) is 9.00. The average molecular weight is 183 g/mol. The van der Waals surface area contributed by atoms with Crippen LogP contribution in [0.3, 0.4) is 0 Å². The molecule has 1 saturated carbocycles. The summed E-state index contributed by atoms with van der Waals surface area (Å²) in [7, 11) is 0. The summed E-state index contributed by atoms with van der Waals surface area (Å²) >= 11 is 0. The van der Waals surface area contributed by atoms with E-state index in [1.807, 2.05) is 11.8 Å². The van der Waals surface area contributed by atoms with Gasteiger partial charge in [0.05, 0.1) is 12.2 Å². The van der Waals surface area contributed by atoms with Gasteiger partial charge in [0, 0.05) is 20.0 Å². The molecule has 2 aliphatic rings. The largest absolute Gasteiger partial charge is 0.371 e. The molecule has 0 radical (unpaired) electrons. The van der Waals surface area contributed by atoms with E-state index in [9.17, 15) is 4.79 Å². The summed E-state index contributed by atoms with van der Waals surface area (Å²) in [6.07, 6.45) is 3.09. The van der Waals surface area contributed by atoms with Crippen molar-refractivity contribution in [3.63, 3.8) is 0 Å². The van der Waals surface area contributed by atoms with Crippen LogP contribution in [-0.2, 0) is 9.53 Å². The topological polar surface area (TPSA) is 29.5 Å². The van der Waals surface area contributed by atoms with Gasteiger partial charge in [-0.2, -0.15) is 0 Å². The minimum atomic E-state index is 0.181. The average Bonchev–Trinajstić information content (AvgIpc) is 2.85. The number of hydrogen-bond acceptors (Lipinski definition) is 2. The molecule has 2 atom stereocenters. The lowest BCUT2D eigenvalue weighted by Gasteiger charge is -2.36. The molecular weight excluding hydrogens is 166 g/mol. The molecule has 3 heteroatoms. The Morgan fingerprint density at radius 2 is 2.08 bits per heavy atom. The van der Waals surface area contributed by atoms with Crippen molar-refractivity contribution in [1.82, 2.24) is 4.90 Å². The van der Waals surface area contributed by atoms with E-state index in [2.05, 4.69) is 0 Å². The molecule has 0 aromatic rings. The molecular formula is C10H17NO2. The Morgan fingerprint density at radius 3 is 2.62 bits per heavy atom. The Labute approximate surface area is 79.0 Å². The third-order valence-electron chi connectivity index (χ3n) is 2.88. The van der Waals surface area contributed by atoms with Crippen LogP contribution in [0, 0.1) is 5.92 Å². The van der Waals surface area contributed by atoms with E-state index in [0.717, 1.165) is 19.0 Å². The Hall–Kier alpha value is -0.570. The summed E-state index contributed by atoms with van der Waals surface area (Å²) in [6, 6.07) is 0. The molecule has 3 nitrogen and oxygen atoms in total. The Morgan fingerprint density at radius 1 is 1.38 bits per heavy atom. The van der Waals surface area contributed by atoms with Gasteiger partial charge in [0.1, 0.15) is 0 Å². The number of nitrogens with zero attached hydrogens (tertiary/aromatic N) is 1. The fraction of sp³-hybridized carbons (Fsp3) is 0.900. The Kier molecular flexibility index (Phi) is 2.28.